The minimum absolute atomic E-state index is 0.212. The van der Waals surface area contributed by atoms with Gasteiger partial charge in [-0.15, -0.1) is 0 Å². The summed E-state index contributed by atoms with van der Waals surface area (Å²) < 4.78 is 2.23. The van der Waals surface area contributed by atoms with Gasteiger partial charge in [0.15, 0.2) is 0 Å². The first kappa shape index (κ1) is 17.4. The fourth-order valence-electron chi connectivity index (χ4n) is 4.22. The molecule has 6 nitrogen and oxygen atoms in total. The van der Waals surface area contributed by atoms with Crippen LogP contribution in [0.25, 0.3) is 0 Å². The van der Waals surface area contributed by atoms with E-state index >= 15 is 0 Å². The van der Waals surface area contributed by atoms with E-state index in [2.05, 4.69) is 39.4 Å². The van der Waals surface area contributed by atoms with Gasteiger partial charge < -0.3 is 9.47 Å². The highest BCUT2D eigenvalue weighted by atomic mass is 16.2. The largest absolute Gasteiger partial charge is 0.342 e. The standard InChI is InChI=1S/C18H31N5O/c1-4-21-9-6-19-18(21)14-20-12-15(2)17(13-20)23-8-5-7-22(10-11-23)16(3)24/h6,9,15,17H,4-5,7-8,10-14H2,1-3H3/t15-,17+/m1/s1. The molecule has 134 valence electrons. The molecule has 2 fully saturated rings. The van der Waals surface area contributed by atoms with Crippen molar-refractivity contribution in [3.8, 4) is 0 Å². The summed E-state index contributed by atoms with van der Waals surface area (Å²) in [6.07, 6.45) is 5.06. The molecule has 0 bridgehead atoms. The van der Waals surface area contributed by atoms with Gasteiger partial charge in [-0.2, -0.15) is 0 Å². The number of carbonyl (C=O) groups excluding carboxylic acids is 1. The van der Waals surface area contributed by atoms with E-state index in [1.54, 1.807) is 6.92 Å². The van der Waals surface area contributed by atoms with Crippen LogP contribution in [0.1, 0.15) is 33.0 Å². The zero-order valence-corrected chi connectivity index (χ0v) is 15.3. The van der Waals surface area contributed by atoms with E-state index in [0.717, 1.165) is 58.8 Å². The smallest absolute Gasteiger partial charge is 0.219 e. The Hall–Kier alpha value is -1.40. The van der Waals surface area contributed by atoms with Crippen molar-refractivity contribution in [1.82, 2.24) is 24.3 Å². The van der Waals surface area contributed by atoms with Crippen molar-refractivity contribution in [2.75, 3.05) is 39.3 Å². The lowest BCUT2D eigenvalue weighted by atomic mass is 10.0. The SMILES string of the molecule is CCn1ccnc1CN1C[C@@H](C)[C@@H](N2CCCN(C(C)=O)CC2)C1. The average molecular weight is 333 g/mol. The zero-order chi connectivity index (χ0) is 17.1. The van der Waals surface area contributed by atoms with Crippen LogP contribution in [0, 0.1) is 5.92 Å². The highest BCUT2D eigenvalue weighted by Crippen LogP contribution is 2.24. The summed E-state index contributed by atoms with van der Waals surface area (Å²) in [5, 5.41) is 0. The highest BCUT2D eigenvalue weighted by molar-refractivity contribution is 5.73. The number of hydrogen-bond donors (Lipinski definition) is 0. The molecular formula is C18H31N5O. The second-order valence-corrected chi connectivity index (χ2v) is 7.26. The lowest BCUT2D eigenvalue weighted by Gasteiger charge is -2.30. The summed E-state index contributed by atoms with van der Waals surface area (Å²) in [4.78, 5) is 23.3. The second-order valence-electron chi connectivity index (χ2n) is 7.26. The molecule has 2 aliphatic rings. The van der Waals surface area contributed by atoms with Crippen LogP contribution in [0.5, 0.6) is 0 Å². The monoisotopic (exact) mass is 333 g/mol. The highest BCUT2D eigenvalue weighted by Gasteiger charge is 2.35. The lowest BCUT2D eigenvalue weighted by Crippen LogP contribution is -2.43. The molecule has 2 aliphatic heterocycles. The number of nitrogens with zero attached hydrogens (tertiary/aromatic N) is 5. The summed E-state index contributed by atoms with van der Waals surface area (Å²) in [6, 6.07) is 0.599. The first-order chi connectivity index (χ1) is 11.6. The Morgan fingerprint density at radius 2 is 2.08 bits per heavy atom. The van der Waals surface area contributed by atoms with Crippen LogP contribution in [0.15, 0.2) is 12.4 Å². The molecule has 1 aromatic heterocycles. The number of carbonyl (C=O) groups is 1. The van der Waals surface area contributed by atoms with E-state index < -0.39 is 0 Å². The van der Waals surface area contributed by atoms with Gasteiger partial charge in [0.25, 0.3) is 0 Å². The first-order valence-corrected chi connectivity index (χ1v) is 9.30. The van der Waals surface area contributed by atoms with Crippen molar-refractivity contribution in [3.05, 3.63) is 18.2 Å². The molecule has 24 heavy (non-hydrogen) atoms. The van der Waals surface area contributed by atoms with E-state index in [9.17, 15) is 4.79 Å². The maximum Gasteiger partial charge on any atom is 0.219 e. The third-order valence-electron chi connectivity index (χ3n) is 5.60. The molecule has 1 amide bonds. The van der Waals surface area contributed by atoms with Crippen LogP contribution < -0.4 is 0 Å². The average Bonchev–Trinajstić information content (AvgIpc) is 3.05. The molecule has 0 unspecified atom stereocenters. The number of aromatic nitrogens is 2. The molecule has 1 aromatic rings. The van der Waals surface area contributed by atoms with Crippen LogP contribution in [-0.2, 0) is 17.9 Å². The van der Waals surface area contributed by atoms with E-state index in [1.165, 1.54) is 5.82 Å². The Labute approximate surface area is 145 Å². The predicted octanol–water partition coefficient (Wildman–Crippen LogP) is 1.28. The van der Waals surface area contributed by atoms with Gasteiger partial charge in [-0.25, -0.2) is 4.98 Å². The predicted molar refractivity (Wildman–Crippen MR) is 94.6 cm³/mol. The summed E-state index contributed by atoms with van der Waals surface area (Å²) in [7, 11) is 0. The van der Waals surface area contributed by atoms with Crippen LogP contribution in [0.3, 0.4) is 0 Å². The van der Waals surface area contributed by atoms with Gasteiger partial charge in [0.05, 0.1) is 6.54 Å². The molecule has 0 N–H and O–H groups in total. The molecule has 3 rings (SSSR count). The summed E-state index contributed by atoms with van der Waals surface area (Å²) in [5.74, 6) is 2.05. The fraction of sp³-hybridized carbons (Fsp3) is 0.778. The third kappa shape index (κ3) is 3.81. The minimum atomic E-state index is 0.212. The number of aryl methyl sites for hydroxylation is 1. The topological polar surface area (TPSA) is 44.6 Å². The Balaban J connectivity index is 1.58. The van der Waals surface area contributed by atoms with Crippen LogP contribution in [-0.4, -0.2) is 75.5 Å². The van der Waals surface area contributed by atoms with Gasteiger partial charge in [-0.1, -0.05) is 6.92 Å². The molecule has 0 radical (unpaired) electrons. The third-order valence-corrected chi connectivity index (χ3v) is 5.60. The van der Waals surface area contributed by atoms with Crippen molar-refractivity contribution in [2.45, 2.75) is 46.3 Å². The maximum absolute atomic E-state index is 11.6. The molecule has 2 atom stereocenters. The van der Waals surface area contributed by atoms with Crippen LogP contribution in [0.4, 0.5) is 0 Å². The van der Waals surface area contributed by atoms with Crippen molar-refractivity contribution in [2.24, 2.45) is 5.92 Å². The zero-order valence-electron chi connectivity index (χ0n) is 15.3. The fourth-order valence-corrected chi connectivity index (χ4v) is 4.22. The number of hydrogen-bond acceptors (Lipinski definition) is 4. The van der Waals surface area contributed by atoms with Gasteiger partial charge in [0.1, 0.15) is 5.82 Å². The number of amides is 1. The molecule has 2 saturated heterocycles. The summed E-state index contributed by atoms with van der Waals surface area (Å²) >= 11 is 0. The van der Waals surface area contributed by atoms with Crippen molar-refractivity contribution in [3.63, 3.8) is 0 Å². The molecule has 0 aromatic carbocycles. The van der Waals surface area contributed by atoms with Gasteiger partial charge in [0, 0.05) is 71.2 Å². The van der Waals surface area contributed by atoms with Crippen LogP contribution in [0.2, 0.25) is 0 Å². The van der Waals surface area contributed by atoms with Crippen LogP contribution >= 0.6 is 0 Å². The molecule has 6 heteroatoms. The Morgan fingerprint density at radius 1 is 1.25 bits per heavy atom. The molecule has 3 heterocycles. The van der Waals surface area contributed by atoms with E-state index in [-0.39, 0.29) is 5.91 Å². The van der Waals surface area contributed by atoms with Crippen molar-refractivity contribution in [1.29, 1.82) is 0 Å². The van der Waals surface area contributed by atoms with E-state index in [1.807, 2.05) is 11.1 Å². The Morgan fingerprint density at radius 3 is 2.83 bits per heavy atom. The van der Waals surface area contributed by atoms with Gasteiger partial charge in [-0.05, 0) is 19.3 Å². The molecule has 0 saturated carbocycles. The first-order valence-electron chi connectivity index (χ1n) is 9.30. The molecular weight excluding hydrogens is 302 g/mol. The Bertz CT molecular complexity index is 557. The second kappa shape index (κ2) is 7.66. The summed E-state index contributed by atoms with van der Waals surface area (Å²) in [5.41, 5.74) is 0. The molecule has 0 aliphatic carbocycles. The normalized spacial score (nSPS) is 26.7. The lowest BCUT2D eigenvalue weighted by molar-refractivity contribution is -0.128. The minimum Gasteiger partial charge on any atom is -0.342 e. The van der Waals surface area contributed by atoms with Gasteiger partial charge in [-0.3, -0.25) is 14.6 Å². The number of likely N-dealkylation sites (tertiary alicyclic amines) is 1. The maximum atomic E-state index is 11.6. The molecule has 0 spiro atoms. The van der Waals surface area contributed by atoms with Gasteiger partial charge >= 0.3 is 0 Å². The van der Waals surface area contributed by atoms with Gasteiger partial charge in [0.2, 0.25) is 5.91 Å². The van der Waals surface area contributed by atoms with E-state index in [0.29, 0.717) is 12.0 Å². The van der Waals surface area contributed by atoms with E-state index in [4.69, 9.17) is 0 Å². The van der Waals surface area contributed by atoms with Crippen molar-refractivity contribution < 1.29 is 4.79 Å². The summed E-state index contributed by atoms with van der Waals surface area (Å²) in [6.45, 7) is 14.3. The quantitative estimate of drug-likeness (QED) is 0.833. The van der Waals surface area contributed by atoms with Crippen molar-refractivity contribution >= 4 is 5.91 Å². The number of imidazole rings is 1. The Kier molecular flexibility index (Phi) is 5.56. The number of rotatable bonds is 4.